The van der Waals surface area contributed by atoms with Crippen LogP contribution in [0.1, 0.15) is 16.2 Å². The van der Waals surface area contributed by atoms with Gasteiger partial charge < -0.3 is 15.2 Å². The Morgan fingerprint density at radius 2 is 2.30 bits per heavy atom. The number of rotatable bonds is 5. The van der Waals surface area contributed by atoms with E-state index in [2.05, 4.69) is 15.4 Å². The summed E-state index contributed by atoms with van der Waals surface area (Å²) in [6.45, 7) is 0.388. The van der Waals surface area contributed by atoms with Crippen LogP contribution in [0.5, 0.6) is 11.5 Å². The number of carbonyl (C=O) groups is 1. The Labute approximate surface area is 116 Å². The van der Waals surface area contributed by atoms with Crippen LogP contribution in [0.25, 0.3) is 0 Å². The number of phenols is 1. The molecule has 0 aliphatic carbocycles. The summed E-state index contributed by atoms with van der Waals surface area (Å²) in [5.74, 6) is 0.396. The highest BCUT2D eigenvalue weighted by Crippen LogP contribution is 2.29. The number of ether oxygens (including phenoxy) is 1. The van der Waals surface area contributed by atoms with E-state index in [4.69, 9.17) is 4.74 Å². The van der Waals surface area contributed by atoms with Gasteiger partial charge in [-0.2, -0.15) is 5.10 Å². The number of aromatic nitrogens is 3. The zero-order valence-electron chi connectivity index (χ0n) is 11.3. The van der Waals surface area contributed by atoms with Crippen molar-refractivity contribution in [3.63, 3.8) is 0 Å². The number of benzene rings is 1. The van der Waals surface area contributed by atoms with Gasteiger partial charge >= 0.3 is 0 Å². The molecule has 106 valence electrons. The molecule has 0 spiro atoms. The van der Waals surface area contributed by atoms with E-state index in [1.807, 2.05) is 0 Å². The van der Waals surface area contributed by atoms with Crippen molar-refractivity contribution < 1.29 is 14.6 Å². The van der Waals surface area contributed by atoms with Crippen LogP contribution in [0, 0.1) is 0 Å². The number of phenolic OH excluding ortho intramolecular Hbond substituents is 1. The van der Waals surface area contributed by atoms with E-state index >= 15 is 0 Å². The average Bonchev–Trinajstić information content (AvgIpc) is 2.84. The lowest BCUT2D eigenvalue weighted by Crippen LogP contribution is -2.26. The molecule has 1 heterocycles. The normalized spacial score (nSPS) is 10.3. The largest absolute Gasteiger partial charge is 0.504 e. The van der Waals surface area contributed by atoms with Gasteiger partial charge in [0.2, 0.25) is 0 Å². The van der Waals surface area contributed by atoms with E-state index in [1.165, 1.54) is 13.2 Å². The number of hydrogen-bond donors (Lipinski definition) is 2. The molecular formula is C13H16N4O3. The van der Waals surface area contributed by atoms with E-state index in [0.717, 1.165) is 0 Å². The predicted octanol–water partition coefficient (Wildman–Crippen LogP) is 0.502. The summed E-state index contributed by atoms with van der Waals surface area (Å²) in [6, 6.07) is 4.77. The Morgan fingerprint density at radius 3 is 2.95 bits per heavy atom. The molecule has 0 saturated heterocycles. The lowest BCUT2D eigenvalue weighted by Gasteiger charge is -2.08. The van der Waals surface area contributed by atoms with Crippen molar-refractivity contribution in [1.82, 2.24) is 20.1 Å². The Hall–Kier alpha value is -2.57. The lowest BCUT2D eigenvalue weighted by atomic mass is 10.1. The van der Waals surface area contributed by atoms with Gasteiger partial charge in [0.05, 0.1) is 12.7 Å². The van der Waals surface area contributed by atoms with E-state index in [-0.39, 0.29) is 23.0 Å². The van der Waals surface area contributed by atoms with Gasteiger partial charge in [-0.25, -0.2) is 4.98 Å². The number of aryl methyl sites for hydroxylation is 1. The summed E-state index contributed by atoms with van der Waals surface area (Å²) in [6.07, 6.45) is 2.13. The summed E-state index contributed by atoms with van der Waals surface area (Å²) >= 11 is 0. The highest BCUT2D eigenvalue weighted by atomic mass is 16.5. The summed E-state index contributed by atoms with van der Waals surface area (Å²) in [5, 5.41) is 16.7. The van der Waals surface area contributed by atoms with Crippen LogP contribution in [0.2, 0.25) is 0 Å². The molecule has 0 saturated carbocycles. The fraction of sp³-hybridized carbons (Fsp3) is 0.308. The van der Waals surface area contributed by atoms with Gasteiger partial charge in [0.25, 0.3) is 5.91 Å². The molecule has 0 aliphatic rings. The van der Waals surface area contributed by atoms with Gasteiger partial charge in [-0.05, 0) is 12.1 Å². The molecule has 0 unspecified atom stereocenters. The number of nitrogens with one attached hydrogen (secondary N) is 1. The first kappa shape index (κ1) is 13.9. The zero-order valence-corrected chi connectivity index (χ0v) is 11.3. The molecule has 0 fully saturated rings. The van der Waals surface area contributed by atoms with E-state index in [9.17, 15) is 9.90 Å². The molecule has 0 atom stereocenters. The molecule has 2 rings (SSSR count). The van der Waals surface area contributed by atoms with E-state index in [1.54, 1.807) is 30.2 Å². The number of hydrogen-bond acceptors (Lipinski definition) is 5. The van der Waals surface area contributed by atoms with Crippen LogP contribution in [-0.2, 0) is 13.5 Å². The van der Waals surface area contributed by atoms with Crippen molar-refractivity contribution in [3.8, 4) is 11.5 Å². The third-order valence-electron chi connectivity index (χ3n) is 2.74. The summed E-state index contributed by atoms with van der Waals surface area (Å²) in [5.41, 5.74) is 0.179. The number of methoxy groups -OCH3 is 1. The first-order chi connectivity index (χ1) is 9.61. The van der Waals surface area contributed by atoms with E-state index < -0.39 is 0 Å². The van der Waals surface area contributed by atoms with Crippen molar-refractivity contribution in [2.24, 2.45) is 7.05 Å². The van der Waals surface area contributed by atoms with Crippen LogP contribution in [0.15, 0.2) is 24.5 Å². The van der Waals surface area contributed by atoms with Crippen molar-refractivity contribution in [2.45, 2.75) is 6.42 Å². The van der Waals surface area contributed by atoms with Gasteiger partial charge in [-0.15, -0.1) is 0 Å². The molecule has 2 N–H and O–H groups in total. The van der Waals surface area contributed by atoms with Gasteiger partial charge in [-0.1, -0.05) is 6.07 Å². The first-order valence-corrected chi connectivity index (χ1v) is 6.10. The predicted molar refractivity (Wildman–Crippen MR) is 71.7 cm³/mol. The molecule has 1 aromatic heterocycles. The number of amides is 1. The minimum absolute atomic E-state index is 0.163. The standard InChI is InChI=1S/C13H16N4O3/c1-17-8-15-11(16-17)6-7-14-13(19)9-4-3-5-10(20-2)12(9)18/h3-5,8,18H,6-7H2,1-2H3,(H,14,19). The second-order valence-electron chi connectivity index (χ2n) is 4.20. The Balaban J connectivity index is 1.95. The van der Waals surface area contributed by atoms with Crippen LogP contribution >= 0.6 is 0 Å². The quantitative estimate of drug-likeness (QED) is 0.830. The highest BCUT2D eigenvalue weighted by Gasteiger charge is 2.14. The Morgan fingerprint density at radius 1 is 1.50 bits per heavy atom. The molecule has 1 aromatic carbocycles. The molecule has 0 bridgehead atoms. The second-order valence-corrected chi connectivity index (χ2v) is 4.20. The third kappa shape index (κ3) is 3.05. The Bertz CT molecular complexity index is 609. The lowest BCUT2D eigenvalue weighted by molar-refractivity contribution is 0.0950. The van der Waals surface area contributed by atoms with Crippen molar-refractivity contribution >= 4 is 5.91 Å². The van der Waals surface area contributed by atoms with Crippen molar-refractivity contribution in [1.29, 1.82) is 0 Å². The molecule has 0 radical (unpaired) electrons. The topological polar surface area (TPSA) is 89.3 Å². The smallest absolute Gasteiger partial charge is 0.255 e. The van der Waals surface area contributed by atoms with E-state index in [0.29, 0.717) is 18.8 Å². The third-order valence-corrected chi connectivity index (χ3v) is 2.74. The number of carbonyl (C=O) groups excluding carboxylic acids is 1. The number of para-hydroxylation sites is 1. The maximum Gasteiger partial charge on any atom is 0.255 e. The SMILES string of the molecule is COc1cccc(C(=O)NCCc2ncn(C)n2)c1O. The summed E-state index contributed by atoms with van der Waals surface area (Å²) in [7, 11) is 3.22. The maximum atomic E-state index is 12.0. The maximum absolute atomic E-state index is 12.0. The monoisotopic (exact) mass is 276 g/mol. The van der Waals surface area contributed by atoms with Gasteiger partial charge in [-0.3, -0.25) is 9.48 Å². The molecule has 20 heavy (non-hydrogen) atoms. The van der Waals surface area contributed by atoms with Gasteiger partial charge in [0.15, 0.2) is 17.3 Å². The van der Waals surface area contributed by atoms with Crippen LogP contribution in [0.4, 0.5) is 0 Å². The molecular weight excluding hydrogens is 260 g/mol. The fourth-order valence-electron chi connectivity index (χ4n) is 1.75. The molecule has 7 heteroatoms. The average molecular weight is 276 g/mol. The second kappa shape index (κ2) is 6.05. The van der Waals surface area contributed by atoms with Crippen molar-refractivity contribution in [3.05, 3.63) is 35.9 Å². The molecule has 2 aromatic rings. The van der Waals surface area contributed by atoms with Gasteiger partial charge in [0, 0.05) is 20.0 Å². The minimum Gasteiger partial charge on any atom is -0.504 e. The fourth-order valence-corrected chi connectivity index (χ4v) is 1.75. The number of nitrogens with zero attached hydrogens (tertiary/aromatic N) is 3. The zero-order chi connectivity index (χ0) is 14.5. The summed E-state index contributed by atoms with van der Waals surface area (Å²) in [4.78, 5) is 16.0. The van der Waals surface area contributed by atoms with Crippen LogP contribution in [0.3, 0.4) is 0 Å². The summed E-state index contributed by atoms with van der Waals surface area (Å²) < 4.78 is 6.56. The van der Waals surface area contributed by atoms with Crippen molar-refractivity contribution in [2.75, 3.05) is 13.7 Å². The first-order valence-electron chi connectivity index (χ1n) is 6.10. The highest BCUT2D eigenvalue weighted by molar-refractivity contribution is 5.97. The van der Waals surface area contributed by atoms with Gasteiger partial charge in [0.1, 0.15) is 6.33 Å². The molecule has 7 nitrogen and oxygen atoms in total. The molecule has 1 amide bonds. The number of aromatic hydroxyl groups is 1. The molecule has 0 aliphatic heterocycles. The minimum atomic E-state index is -0.364. The van der Waals surface area contributed by atoms with Crippen LogP contribution < -0.4 is 10.1 Å². The van der Waals surface area contributed by atoms with Crippen LogP contribution in [-0.4, -0.2) is 39.4 Å². The Kier molecular flexibility index (Phi) is 4.19.